The molecular weight excluding hydrogens is 564 g/mol. The lowest BCUT2D eigenvalue weighted by Gasteiger charge is -2.19. The van der Waals surface area contributed by atoms with Crippen molar-refractivity contribution in [3.05, 3.63) is 173 Å². The average Bonchev–Trinajstić information content (AvgIpc) is 3.09. The minimum Gasteiger partial charge on any atom is -0.488 e. The number of ketones is 1. The molecule has 0 spiro atoms. The summed E-state index contributed by atoms with van der Waals surface area (Å²) in [6.07, 6.45) is 0. The summed E-state index contributed by atoms with van der Waals surface area (Å²) in [5, 5.41) is 11.5. The quantitative estimate of drug-likeness (QED) is 0.143. The molecule has 0 heterocycles. The number of fused-ring (bicyclic) bond motifs is 1. The number of carboxylic acids is 1. The van der Waals surface area contributed by atoms with E-state index in [2.05, 4.69) is 0 Å². The van der Waals surface area contributed by atoms with Gasteiger partial charge in [0, 0.05) is 0 Å². The van der Waals surface area contributed by atoms with E-state index in [0.29, 0.717) is 16.7 Å². The van der Waals surface area contributed by atoms with E-state index in [4.69, 9.17) is 14.2 Å². The topological polar surface area (TPSA) is 82.1 Å². The van der Waals surface area contributed by atoms with Crippen LogP contribution in [0.2, 0.25) is 0 Å². The van der Waals surface area contributed by atoms with Crippen LogP contribution in [0.4, 0.5) is 0 Å². The van der Waals surface area contributed by atoms with Crippen LogP contribution in [-0.2, 0) is 19.8 Å². The summed E-state index contributed by atoms with van der Waals surface area (Å²) in [6.45, 7) is 0.497. The van der Waals surface area contributed by atoms with Gasteiger partial charge in [0.15, 0.2) is 0 Å². The number of ether oxygens (including phenoxy) is 3. The van der Waals surface area contributed by atoms with Gasteiger partial charge < -0.3 is 19.3 Å². The second-order valence-corrected chi connectivity index (χ2v) is 10.5. The highest BCUT2D eigenvalue weighted by molar-refractivity contribution is 6.21. The van der Waals surface area contributed by atoms with Crippen molar-refractivity contribution in [1.29, 1.82) is 0 Å². The maximum Gasteiger partial charge on any atom is 0.335 e. The van der Waals surface area contributed by atoms with E-state index >= 15 is 0 Å². The third-order valence-electron chi connectivity index (χ3n) is 7.37. The van der Waals surface area contributed by atoms with E-state index in [0.717, 1.165) is 22.1 Å². The normalized spacial score (nSPS) is 10.8. The zero-order chi connectivity index (χ0) is 31.0. The van der Waals surface area contributed by atoms with Gasteiger partial charge in [-0.2, -0.15) is 0 Å². The molecule has 222 valence electrons. The van der Waals surface area contributed by atoms with Crippen LogP contribution < -0.4 is 14.2 Å². The first-order valence-electron chi connectivity index (χ1n) is 14.5. The highest BCUT2D eigenvalue weighted by atomic mass is 16.5. The van der Waals surface area contributed by atoms with Crippen LogP contribution in [0.1, 0.15) is 43.0 Å². The van der Waals surface area contributed by atoms with Gasteiger partial charge in [0.2, 0.25) is 5.78 Å². The predicted octanol–water partition coefficient (Wildman–Crippen LogP) is 8.51. The van der Waals surface area contributed by atoms with Crippen molar-refractivity contribution >= 4 is 22.5 Å². The highest BCUT2D eigenvalue weighted by Crippen LogP contribution is 2.39. The Morgan fingerprint density at radius 3 is 1.42 bits per heavy atom. The van der Waals surface area contributed by atoms with Crippen LogP contribution >= 0.6 is 0 Å². The van der Waals surface area contributed by atoms with Crippen molar-refractivity contribution in [3.8, 4) is 17.2 Å². The Hall–Kier alpha value is -5.88. The number of carboxylic acid groups (broad SMARTS) is 1. The predicted molar refractivity (Wildman–Crippen MR) is 173 cm³/mol. The van der Waals surface area contributed by atoms with E-state index in [9.17, 15) is 14.7 Å². The molecule has 1 N–H and O–H groups in total. The van der Waals surface area contributed by atoms with E-state index in [1.54, 1.807) is 6.07 Å². The number of hydrogen-bond acceptors (Lipinski definition) is 5. The standard InChI is InChI=1S/C39H30O6/c40-38(36-32-19-11-10-18-30(32)20-21-33(36)43-24-27-12-4-1-5-13-27)37-34(44-25-28-14-6-2-7-15-28)22-31(39(41)42)23-35(37)45-26-29-16-8-3-9-17-29/h1-23H,24-26H2,(H,41,42). The molecule has 0 amide bonds. The van der Waals surface area contributed by atoms with E-state index in [1.807, 2.05) is 121 Å². The Morgan fingerprint density at radius 2 is 0.933 bits per heavy atom. The maximum atomic E-state index is 14.9. The van der Waals surface area contributed by atoms with Crippen molar-refractivity contribution in [1.82, 2.24) is 0 Å². The molecular formula is C39H30O6. The molecule has 0 saturated carbocycles. The monoisotopic (exact) mass is 594 g/mol. The second-order valence-electron chi connectivity index (χ2n) is 10.5. The number of carbonyl (C=O) groups is 2. The summed E-state index contributed by atoms with van der Waals surface area (Å²) in [7, 11) is 0. The Bertz CT molecular complexity index is 1870. The minimum atomic E-state index is -1.17. The van der Waals surface area contributed by atoms with Crippen LogP contribution in [0.25, 0.3) is 10.8 Å². The Kier molecular flexibility index (Phi) is 8.83. The summed E-state index contributed by atoms with van der Waals surface area (Å²) in [6, 6.07) is 42.7. The molecule has 0 unspecified atom stereocenters. The molecule has 0 aliphatic rings. The smallest absolute Gasteiger partial charge is 0.335 e. The van der Waals surface area contributed by atoms with Gasteiger partial charge in [0.1, 0.15) is 42.6 Å². The van der Waals surface area contributed by atoms with Crippen LogP contribution in [0.5, 0.6) is 17.2 Å². The molecule has 0 aliphatic carbocycles. The maximum absolute atomic E-state index is 14.9. The third kappa shape index (κ3) is 6.86. The molecule has 6 aromatic carbocycles. The summed E-state index contributed by atoms with van der Waals surface area (Å²) >= 11 is 0. The lowest BCUT2D eigenvalue weighted by atomic mass is 9.94. The van der Waals surface area contributed by atoms with Gasteiger partial charge in [-0.1, -0.05) is 121 Å². The van der Waals surface area contributed by atoms with Crippen molar-refractivity contribution in [2.24, 2.45) is 0 Å². The summed E-state index contributed by atoms with van der Waals surface area (Å²) in [4.78, 5) is 27.1. The van der Waals surface area contributed by atoms with E-state index in [-0.39, 0.29) is 42.4 Å². The molecule has 0 fully saturated rings. The second kappa shape index (κ2) is 13.6. The van der Waals surface area contributed by atoms with Gasteiger partial charge in [0.05, 0.1) is 11.1 Å². The Balaban J connectivity index is 1.49. The fourth-order valence-corrected chi connectivity index (χ4v) is 5.10. The molecule has 0 radical (unpaired) electrons. The van der Waals surface area contributed by atoms with Gasteiger partial charge in [-0.15, -0.1) is 0 Å². The first-order chi connectivity index (χ1) is 22.1. The largest absolute Gasteiger partial charge is 0.488 e. The van der Waals surface area contributed by atoms with Crippen LogP contribution in [0.3, 0.4) is 0 Å². The highest BCUT2D eigenvalue weighted by Gasteiger charge is 2.28. The first kappa shape index (κ1) is 29.2. The zero-order valence-corrected chi connectivity index (χ0v) is 24.4. The van der Waals surface area contributed by atoms with Gasteiger partial charge in [-0.25, -0.2) is 4.79 Å². The SMILES string of the molecule is O=C(O)c1cc(OCc2ccccc2)c(C(=O)c2c(OCc3ccccc3)ccc3ccccc23)c(OCc2ccccc2)c1. The molecule has 0 aromatic heterocycles. The van der Waals surface area contributed by atoms with Crippen molar-refractivity contribution in [2.45, 2.75) is 19.8 Å². The van der Waals surface area contributed by atoms with Crippen molar-refractivity contribution in [3.63, 3.8) is 0 Å². The zero-order valence-electron chi connectivity index (χ0n) is 24.4. The van der Waals surface area contributed by atoms with Crippen molar-refractivity contribution in [2.75, 3.05) is 0 Å². The number of rotatable bonds is 12. The fraction of sp³-hybridized carbons (Fsp3) is 0.0769. The van der Waals surface area contributed by atoms with Gasteiger partial charge >= 0.3 is 5.97 Å². The van der Waals surface area contributed by atoms with Crippen LogP contribution in [0.15, 0.2) is 140 Å². The first-order valence-corrected chi connectivity index (χ1v) is 14.5. The lowest BCUT2D eigenvalue weighted by molar-refractivity contribution is 0.0695. The summed E-state index contributed by atoms with van der Waals surface area (Å²) < 4.78 is 18.7. The molecule has 0 aliphatic heterocycles. The molecule has 6 rings (SSSR count). The molecule has 6 nitrogen and oxygen atoms in total. The number of benzene rings is 6. The summed E-state index contributed by atoms with van der Waals surface area (Å²) in [5.74, 6) is -0.964. The molecule has 6 aromatic rings. The molecule has 0 bridgehead atoms. The number of hydrogen-bond donors (Lipinski definition) is 1. The third-order valence-corrected chi connectivity index (χ3v) is 7.37. The molecule has 45 heavy (non-hydrogen) atoms. The van der Waals surface area contributed by atoms with Gasteiger partial charge in [-0.3, -0.25) is 4.79 Å². The summed E-state index contributed by atoms with van der Waals surface area (Å²) in [5.41, 5.74) is 3.07. The minimum absolute atomic E-state index is 0.0591. The number of aromatic carboxylic acids is 1. The lowest BCUT2D eigenvalue weighted by Crippen LogP contribution is -2.13. The van der Waals surface area contributed by atoms with Gasteiger partial charge in [0.25, 0.3) is 0 Å². The molecule has 6 heteroatoms. The average molecular weight is 595 g/mol. The fourth-order valence-electron chi connectivity index (χ4n) is 5.10. The van der Waals surface area contributed by atoms with Crippen LogP contribution in [0, 0.1) is 0 Å². The van der Waals surface area contributed by atoms with Crippen LogP contribution in [-0.4, -0.2) is 16.9 Å². The van der Waals surface area contributed by atoms with Gasteiger partial charge in [-0.05, 0) is 45.7 Å². The van der Waals surface area contributed by atoms with E-state index < -0.39 is 11.8 Å². The molecule has 0 atom stereocenters. The van der Waals surface area contributed by atoms with Crippen molar-refractivity contribution < 1.29 is 28.9 Å². The Morgan fingerprint density at radius 1 is 0.489 bits per heavy atom. The number of carbonyl (C=O) groups excluding carboxylic acids is 1. The van der Waals surface area contributed by atoms with E-state index in [1.165, 1.54) is 12.1 Å². The Labute approximate surface area is 261 Å². The molecule has 0 saturated heterocycles.